The molecule has 0 saturated carbocycles. The van der Waals surface area contributed by atoms with Gasteiger partial charge in [0.25, 0.3) is 0 Å². The van der Waals surface area contributed by atoms with Gasteiger partial charge < -0.3 is 4.90 Å². The molecule has 2 aromatic carbocycles. The summed E-state index contributed by atoms with van der Waals surface area (Å²) in [6.45, 7) is 0. The van der Waals surface area contributed by atoms with Crippen molar-refractivity contribution >= 4 is 28.3 Å². The maximum Gasteiger partial charge on any atom is 0.151 e. The second-order valence-corrected chi connectivity index (χ2v) is 5.29. The molecule has 3 rings (SSSR count). The molecule has 0 aliphatic rings. The van der Waals surface area contributed by atoms with Gasteiger partial charge in [-0.25, -0.2) is 9.37 Å². The van der Waals surface area contributed by atoms with E-state index in [1.165, 1.54) is 6.07 Å². The first-order chi connectivity index (χ1) is 10.1. The molecule has 5 heteroatoms. The number of alkyl halides is 1. The lowest BCUT2D eigenvalue weighted by Crippen LogP contribution is -2.09. The van der Waals surface area contributed by atoms with Gasteiger partial charge in [0.05, 0.1) is 11.4 Å². The minimum absolute atomic E-state index is 0.223. The molecule has 3 nitrogen and oxygen atoms in total. The van der Waals surface area contributed by atoms with Crippen molar-refractivity contribution in [3.63, 3.8) is 0 Å². The number of halogens is 2. The molecule has 0 amide bonds. The molecule has 0 unspecified atom stereocenters. The zero-order valence-corrected chi connectivity index (χ0v) is 12.6. The third kappa shape index (κ3) is 2.36. The second kappa shape index (κ2) is 5.37. The van der Waals surface area contributed by atoms with Gasteiger partial charge in [0.1, 0.15) is 11.3 Å². The minimum atomic E-state index is -0.332. The molecule has 0 fully saturated rings. The molecule has 0 atom stereocenters. The van der Waals surface area contributed by atoms with Crippen LogP contribution in [0, 0.1) is 5.82 Å². The van der Waals surface area contributed by atoms with Crippen molar-refractivity contribution in [3.05, 3.63) is 54.1 Å². The summed E-state index contributed by atoms with van der Waals surface area (Å²) >= 11 is 5.99. The van der Waals surface area contributed by atoms with Crippen LogP contribution >= 0.6 is 11.6 Å². The quantitative estimate of drug-likeness (QED) is 0.683. The molecule has 21 heavy (non-hydrogen) atoms. The van der Waals surface area contributed by atoms with Crippen molar-refractivity contribution in [2.24, 2.45) is 0 Å². The summed E-state index contributed by atoms with van der Waals surface area (Å²) in [5, 5.41) is 0. The van der Waals surface area contributed by atoms with Crippen LogP contribution in [0.3, 0.4) is 0 Å². The Bertz CT molecular complexity index is 795. The van der Waals surface area contributed by atoms with Crippen LogP contribution < -0.4 is 4.90 Å². The molecular formula is C16H15ClFN3. The molecular weight excluding hydrogens is 289 g/mol. The summed E-state index contributed by atoms with van der Waals surface area (Å²) in [4.78, 5) is 6.34. The number of anilines is 1. The largest absolute Gasteiger partial charge is 0.378 e. The fourth-order valence-electron chi connectivity index (χ4n) is 2.40. The van der Waals surface area contributed by atoms with E-state index in [0.717, 1.165) is 16.9 Å². The van der Waals surface area contributed by atoms with Crippen LogP contribution in [0.1, 0.15) is 5.82 Å². The summed E-state index contributed by atoms with van der Waals surface area (Å²) in [5.41, 5.74) is 3.06. The first-order valence-corrected chi connectivity index (χ1v) is 7.15. The highest BCUT2D eigenvalue weighted by Gasteiger charge is 2.14. The van der Waals surface area contributed by atoms with Crippen molar-refractivity contribution in [1.82, 2.24) is 9.55 Å². The minimum Gasteiger partial charge on any atom is -0.378 e. The molecule has 3 aromatic rings. The zero-order valence-electron chi connectivity index (χ0n) is 11.8. The van der Waals surface area contributed by atoms with Crippen LogP contribution in [-0.2, 0) is 5.88 Å². The Balaban J connectivity index is 2.28. The van der Waals surface area contributed by atoms with E-state index < -0.39 is 0 Å². The first-order valence-electron chi connectivity index (χ1n) is 6.61. The Labute approximate surface area is 127 Å². The third-order valence-corrected chi connectivity index (χ3v) is 3.67. The zero-order chi connectivity index (χ0) is 15.0. The Morgan fingerprint density at radius 1 is 1.19 bits per heavy atom. The number of para-hydroxylation sites is 1. The average molecular weight is 304 g/mol. The van der Waals surface area contributed by atoms with Crippen molar-refractivity contribution in [2.45, 2.75) is 5.88 Å². The lowest BCUT2D eigenvalue weighted by molar-refractivity contribution is 0.637. The van der Waals surface area contributed by atoms with E-state index in [9.17, 15) is 4.39 Å². The van der Waals surface area contributed by atoms with Crippen LogP contribution in [0.25, 0.3) is 16.7 Å². The van der Waals surface area contributed by atoms with Crippen molar-refractivity contribution < 1.29 is 4.39 Å². The molecule has 0 spiro atoms. The van der Waals surface area contributed by atoms with Crippen LogP contribution in [-0.4, -0.2) is 23.6 Å². The van der Waals surface area contributed by atoms with Crippen molar-refractivity contribution in [1.29, 1.82) is 0 Å². The number of rotatable bonds is 3. The molecule has 1 heterocycles. The molecule has 108 valence electrons. The molecule has 0 bridgehead atoms. The Hall–Kier alpha value is -2.07. The monoisotopic (exact) mass is 303 g/mol. The van der Waals surface area contributed by atoms with Gasteiger partial charge in [0.15, 0.2) is 5.82 Å². The summed E-state index contributed by atoms with van der Waals surface area (Å²) in [6.07, 6.45) is 0. The van der Waals surface area contributed by atoms with Gasteiger partial charge in [-0.15, -0.1) is 11.6 Å². The van der Waals surface area contributed by atoms with Gasteiger partial charge in [0, 0.05) is 25.5 Å². The van der Waals surface area contributed by atoms with Crippen LogP contribution in [0.2, 0.25) is 0 Å². The topological polar surface area (TPSA) is 21.1 Å². The smallest absolute Gasteiger partial charge is 0.151 e. The summed E-state index contributed by atoms with van der Waals surface area (Å²) in [5.74, 6) is 0.523. The van der Waals surface area contributed by atoms with Crippen molar-refractivity contribution in [2.75, 3.05) is 19.0 Å². The summed E-state index contributed by atoms with van der Waals surface area (Å²) in [6, 6.07) is 12.9. The van der Waals surface area contributed by atoms with E-state index in [4.69, 9.17) is 11.6 Å². The van der Waals surface area contributed by atoms with E-state index >= 15 is 0 Å². The van der Waals surface area contributed by atoms with Crippen LogP contribution in [0.5, 0.6) is 0 Å². The predicted molar refractivity (Wildman–Crippen MR) is 84.9 cm³/mol. The number of benzene rings is 2. The predicted octanol–water partition coefficient (Wildman–Crippen LogP) is 3.97. The number of imidazole rings is 1. The van der Waals surface area contributed by atoms with Gasteiger partial charge >= 0.3 is 0 Å². The molecule has 1 aromatic heterocycles. The van der Waals surface area contributed by atoms with E-state index in [2.05, 4.69) is 4.98 Å². The maximum absolute atomic E-state index is 13.9. The number of aromatic nitrogens is 2. The highest BCUT2D eigenvalue weighted by molar-refractivity contribution is 6.17. The van der Waals surface area contributed by atoms with Crippen LogP contribution in [0.4, 0.5) is 10.1 Å². The van der Waals surface area contributed by atoms with Crippen molar-refractivity contribution in [3.8, 4) is 5.69 Å². The fraction of sp³-hybridized carbons (Fsp3) is 0.188. The SMILES string of the molecule is CN(C)c1cccc(-n2c(CCl)nc3c(F)cccc32)c1. The van der Waals surface area contributed by atoms with E-state index in [1.807, 2.05) is 53.9 Å². The molecule has 0 N–H and O–H groups in total. The molecule has 0 aliphatic carbocycles. The number of fused-ring (bicyclic) bond motifs is 1. The second-order valence-electron chi connectivity index (χ2n) is 5.02. The molecule has 0 aliphatic heterocycles. The van der Waals surface area contributed by atoms with Gasteiger partial charge in [-0.3, -0.25) is 4.57 Å². The Morgan fingerprint density at radius 2 is 1.95 bits per heavy atom. The van der Waals surface area contributed by atoms with Gasteiger partial charge in [0.2, 0.25) is 0 Å². The standard InChI is InChI=1S/C16H15ClFN3/c1-20(2)11-5-3-6-12(9-11)21-14-8-4-7-13(18)16(14)19-15(21)10-17/h3-9H,10H2,1-2H3. The first kappa shape index (κ1) is 13.9. The lowest BCUT2D eigenvalue weighted by Gasteiger charge is -2.15. The normalized spacial score (nSPS) is 11.0. The summed E-state index contributed by atoms with van der Waals surface area (Å²) in [7, 11) is 3.96. The number of nitrogens with zero attached hydrogens (tertiary/aromatic N) is 3. The number of hydrogen-bond donors (Lipinski definition) is 0. The fourth-order valence-corrected chi connectivity index (χ4v) is 2.58. The third-order valence-electron chi connectivity index (χ3n) is 3.43. The summed E-state index contributed by atoms with van der Waals surface area (Å²) < 4.78 is 15.8. The molecule has 0 saturated heterocycles. The van der Waals surface area contributed by atoms with Gasteiger partial charge in [-0.2, -0.15) is 0 Å². The lowest BCUT2D eigenvalue weighted by atomic mass is 10.2. The van der Waals surface area contributed by atoms with Gasteiger partial charge in [-0.1, -0.05) is 12.1 Å². The van der Waals surface area contributed by atoms with Gasteiger partial charge in [-0.05, 0) is 30.3 Å². The Kier molecular flexibility index (Phi) is 3.55. The average Bonchev–Trinajstić information content (AvgIpc) is 2.87. The highest BCUT2D eigenvalue weighted by Crippen LogP contribution is 2.26. The van der Waals surface area contributed by atoms with E-state index in [0.29, 0.717) is 11.3 Å². The molecule has 0 radical (unpaired) electrons. The maximum atomic E-state index is 13.9. The van der Waals surface area contributed by atoms with Crippen LogP contribution in [0.15, 0.2) is 42.5 Å². The Morgan fingerprint density at radius 3 is 2.67 bits per heavy atom. The number of hydrogen-bond acceptors (Lipinski definition) is 2. The van der Waals surface area contributed by atoms with E-state index in [1.54, 1.807) is 6.07 Å². The van der Waals surface area contributed by atoms with E-state index in [-0.39, 0.29) is 11.7 Å². The highest BCUT2D eigenvalue weighted by atomic mass is 35.5.